The van der Waals surface area contributed by atoms with Gasteiger partial charge in [0.05, 0.1) is 27.0 Å². The van der Waals surface area contributed by atoms with Crippen molar-refractivity contribution >= 4 is 0 Å². The molecule has 0 fully saturated rings. The minimum atomic E-state index is 0.0216. The Labute approximate surface area is 125 Å². The molecular weight excluding hydrogens is 268 g/mol. The maximum Gasteiger partial charge on any atom is 0.208 e. The van der Waals surface area contributed by atoms with Gasteiger partial charge in [0.25, 0.3) is 0 Å². The van der Waals surface area contributed by atoms with Crippen LogP contribution in [0.15, 0.2) is 28.8 Å². The summed E-state index contributed by atoms with van der Waals surface area (Å²) in [4.78, 5) is 4.30. The van der Waals surface area contributed by atoms with E-state index in [-0.39, 0.29) is 5.54 Å². The Morgan fingerprint density at radius 3 is 2.24 bits per heavy atom. The molecule has 1 aromatic heterocycles. The van der Waals surface area contributed by atoms with Crippen molar-refractivity contribution < 1.29 is 13.9 Å². The molecular formula is C16H22N2O3. The molecule has 0 atom stereocenters. The molecule has 1 heterocycles. The lowest BCUT2D eigenvalue weighted by molar-refractivity contribution is 0.383. The van der Waals surface area contributed by atoms with Crippen molar-refractivity contribution in [1.82, 2.24) is 10.3 Å². The van der Waals surface area contributed by atoms with Gasteiger partial charge >= 0.3 is 0 Å². The van der Waals surface area contributed by atoms with E-state index in [2.05, 4.69) is 31.1 Å². The third-order valence-electron chi connectivity index (χ3n) is 2.96. The third kappa shape index (κ3) is 4.23. The van der Waals surface area contributed by atoms with Gasteiger partial charge in [-0.05, 0) is 32.9 Å². The van der Waals surface area contributed by atoms with Gasteiger partial charge in [-0.3, -0.25) is 0 Å². The average Bonchev–Trinajstić information content (AvgIpc) is 2.92. The molecule has 0 radical (unpaired) electrons. The highest BCUT2D eigenvalue weighted by atomic mass is 16.5. The van der Waals surface area contributed by atoms with Crippen molar-refractivity contribution in [3.05, 3.63) is 30.3 Å². The molecule has 0 spiro atoms. The predicted octanol–water partition coefficient (Wildman–Crippen LogP) is 3.25. The lowest BCUT2D eigenvalue weighted by Crippen LogP contribution is -2.35. The first kappa shape index (κ1) is 15.4. The van der Waals surface area contributed by atoms with Crippen LogP contribution in [0.25, 0.3) is 11.3 Å². The largest absolute Gasteiger partial charge is 0.497 e. The van der Waals surface area contributed by atoms with Crippen molar-refractivity contribution in [2.24, 2.45) is 0 Å². The quantitative estimate of drug-likeness (QED) is 0.916. The first-order valence-corrected chi connectivity index (χ1v) is 6.84. The lowest BCUT2D eigenvalue weighted by Gasteiger charge is -2.18. The van der Waals surface area contributed by atoms with Crippen LogP contribution in [-0.2, 0) is 6.54 Å². The highest BCUT2D eigenvalue weighted by molar-refractivity contribution is 5.61. The Bertz CT molecular complexity index is 578. The molecule has 0 saturated carbocycles. The van der Waals surface area contributed by atoms with Crippen LogP contribution in [0.3, 0.4) is 0 Å². The molecule has 1 aromatic carbocycles. The zero-order valence-corrected chi connectivity index (χ0v) is 13.2. The van der Waals surface area contributed by atoms with Crippen molar-refractivity contribution in [2.75, 3.05) is 14.2 Å². The second-order valence-corrected chi connectivity index (χ2v) is 5.82. The molecule has 0 amide bonds. The summed E-state index contributed by atoms with van der Waals surface area (Å²) >= 11 is 0. The Balaban J connectivity index is 2.21. The Kier molecular flexibility index (Phi) is 4.53. The van der Waals surface area contributed by atoms with Crippen molar-refractivity contribution in [2.45, 2.75) is 32.9 Å². The molecule has 0 aliphatic rings. The van der Waals surface area contributed by atoms with Gasteiger partial charge in [-0.15, -0.1) is 0 Å². The molecule has 5 heteroatoms. The smallest absolute Gasteiger partial charge is 0.208 e. The van der Waals surface area contributed by atoms with Crippen LogP contribution in [0, 0.1) is 0 Å². The number of hydrogen-bond donors (Lipinski definition) is 1. The summed E-state index contributed by atoms with van der Waals surface area (Å²) < 4.78 is 16.3. The van der Waals surface area contributed by atoms with Crippen LogP contribution in [0.5, 0.6) is 11.5 Å². The molecule has 21 heavy (non-hydrogen) atoms. The average molecular weight is 290 g/mol. The minimum absolute atomic E-state index is 0.0216. The number of nitrogens with zero attached hydrogens (tertiary/aromatic N) is 1. The predicted molar refractivity (Wildman–Crippen MR) is 81.6 cm³/mol. The van der Waals surface area contributed by atoms with Crippen LogP contribution in [-0.4, -0.2) is 24.7 Å². The highest BCUT2D eigenvalue weighted by Crippen LogP contribution is 2.30. The normalized spacial score (nSPS) is 11.5. The van der Waals surface area contributed by atoms with Crippen LogP contribution in [0.2, 0.25) is 0 Å². The summed E-state index contributed by atoms with van der Waals surface area (Å²) in [7, 11) is 3.25. The number of nitrogens with one attached hydrogen (secondary N) is 1. The topological polar surface area (TPSA) is 56.5 Å². The molecule has 0 aliphatic heterocycles. The van der Waals surface area contributed by atoms with Gasteiger partial charge in [0.2, 0.25) is 5.89 Å². The summed E-state index contributed by atoms with van der Waals surface area (Å²) in [6.45, 7) is 6.89. The number of rotatable bonds is 5. The fourth-order valence-corrected chi connectivity index (χ4v) is 1.82. The number of oxazole rings is 1. The number of benzene rings is 1. The number of aromatic nitrogens is 1. The molecule has 114 valence electrons. The van der Waals surface area contributed by atoms with Gasteiger partial charge in [0.1, 0.15) is 11.5 Å². The number of methoxy groups -OCH3 is 2. The van der Waals surface area contributed by atoms with Crippen molar-refractivity contribution in [3.63, 3.8) is 0 Å². The van der Waals surface area contributed by atoms with E-state index in [1.807, 2.05) is 18.2 Å². The Morgan fingerprint density at radius 1 is 1.10 bits per heavy atom. The van der Waals surface area contributed by atoms with Gasteiger partial charge < -0.3 is 19.2 Å². The van der Waals surface area contributed by atoms with Crippen LogP contribution < -0.4 is 14.8 Å². The molecule has 0 unspecified atom stereocenters. The zero-order valence-electron chi connectivity index (χ0n) is 13.2. The maximum atomic E-state index is 5.78. The van der Waals surface area contributed by atoms with Gasteiger partial charge in [0.15, 0.2) is 5.76 Å². The van der Waals surface area contributed by atoms with E-state index in [1.165, 1.54) is 0 Å². The van der Waals surface area contributed by atoms with Crippen LogP contribution in [0.4, 0.5) is 0 Å². The first-order valence-electron chi connectivity index (χ1n) is 6.84. The van der Waals surface area contributed by atoms with Gasteiger partial charge in [-0.1, -0.05) is 0 Å². The van der Waals surface area contributed by atoms with E-state index >= 15 is 0 Å². The summed E-state index contributed by atoms with van der Waals surface area (Å²) in [6, 6.07) is 5.61. The van der Waals surface area contributed by atoms with E-state index in [0.29, 0.717) is 18.2 Å². The summed E-state index contributed by atoms with van der Waals surface area (Å²) in [5.41, 5.74) is 0.897. The SMILES string of the molecule is COc1cc(OC)cc(-c2cnc(CNC(C)(C)C)o2)c1. The van der Waals surface area contributed by atoms with E-state index in [0.717, 1.165) is 17.1 Å². The second-order valence-electron chi connectivity index (χ2n) is 5.82. The highest BCUT2D eigenvalue weighted by Gasteiger charge is 2.13. The van der Waals surface area contributed by atoms with E-state index in [4.69, 9.17) is 13.9 Å². The lowest BCUT2D eigenvalue weighted by atomic mass is 10.1. The number of ether oxygens (including phenoxy) is 2. The van der Waals surface area contributed by atoms with Gasteiger partial charge in [0, 0.05) is 17.2 Å². The molecule has 5 nitrogen and oxygen atoms in total. The van der Waals surface area contributed by atoms with Crippen molar-refractivity contribution in [1.29, 1.82) is 0 Å². The number of hydrogen-bond acceptors (Lipinski definition) is 5. The molecule has 0 aliphatic carbocycles. The van der Waals surface area contributed by atoms with Gasteiger partial charge in [-0.25, -0.2) is 4.98 Å². The summed E-state index contributed by atoms with van der Waals surface area (Å²) in [6.07, 6.45) is 1.72. The van der Waals surface area contributed by atoms with E-state index < -0.39 is 0 Å². The molecule has 2 rings (SSSR count). The second kappa shape index (κ2) is 6.18. The maximum absolute atomic E-state index is 5.78. The summed E-state index contributed by atoms with van der Waals surface area (Å²) in [5.74, 6) is 2.78. The molecule has 0 bridgehead atoms. The fraction of sp³-hybridized carbons (Fsp3) is 0.438. The third-order valence-corrected chi connectivity index (χ3v) is 2.96. The first-order chi connectivity index (χ1) is 9.91. The van der Waals surface area contributed by atoms with Crippen LogP contribution in [0.1, 0.15) is 26.7 Å². The Morgan fingerprint density at radius 2 is 1.71 bits per heavy atom. The standard InChI is InChI=1S/C16H22N2O3/c1-16(2,3)18-10-15-17-9-14(21-15)11-6-12(19-4)8-13(7-11)20-5/h6-9,18H,10H2,1-5H3. The fourth-order valence-electron chi connectivity index (χ4n) is 1.82. The minimum Gasteiger partial charge on any atom is -0.497 e. The Hall–Kier alpha value is -2.01. The van der Waals surface area contributed by atoms with Crippen molar-refractivity contribution in [3.8, 4) is 22.8 Å². The van der Waals surface area contributed by atoms with E-state index in [1.54, 1.807) is 20.4 Å². The molecule has 2 aromatic rings. The van der Waals surface area contributed by atoms with E-state index in [9.17, 15) is 0 Å². The van der Waals surface area contributed by atoms with Crippen LogP contribution >= 0.6 is 0 Å². The molecule has 0 saturated heterocycles. The molecule has 1 N–H and O–H groups in total. The monoisotopic (exact) mass is 290 g/mol. The van der Waals surface area contributed by atoms with Gasteiger partial charge in [-0.2, -0.15) is 0 Å². The zero-order chi connectivity index (χ0) is 15.5. The summed E-state index contributed by atoms with van der Waals surface area (Å²) in [5, 5.41) is 3.34.